The van der Waals surface area contributed by atoms with Crippen LogP contribution in [-0.4, -0.2) is 29.2 Å². The second-order valence-electron chi connectivity index (χ2n) is 7.92. The summed E-state index contributed by atoms with van der Waals surface area (Å²) >= 11 is 3.25. The van der Waals surface area contributed by atoms with Crippen LogP contribution in [0.2, 0.25) is 0 Å². The number of halogens is 1. The van der Waals surface area contributed by atoms with Crippen LogP contribution < -0.4 is 0 Å². The Morgan fingerprint density at radius 3 is 2.70 bits per heavy atom. The predicted molar refractivity (Wildman–Crippen MR) is 128 cm³/mol. The van der Waals surface area contributed by atoms with Gasteiger partial charge >= 0.3 is 5.97 Å². The summed E-state index contributed by atoms with van der Waals surface area (Å²) in [6.07, 6.45) is 5.02. The third-order valence-electron chi connectivity index (χ3n) is 5.87. The molecule has 0 N–H and O–H groups in total. The second kappa shape index (κ2) is 9.41. The molecule has 1 fully saturated rings. The van der Waals surface area contributed by atoms with Crippen molar-refractivity contribution in [2.24, 2.45) is 11.0 Å². The minimum atomic E-state index is -0.864. The normalized spacial score (nSPS) is 21.1. The van der Waals surface area contributed by atoms with Crippen LogP contribution in [0.3, 0.4) is 0 Å². The molecule has 5 nitrogen and oxygen atoms in total. The van der Waals surface area contributed by atoms with E-state index >= 15 is 0 Å². The van der Waals surface area contributed by atoms with Crippen LogP contribution in [0.25, 0.3) is 6.08 Å². The first-order valence-electron chi connectivity index (χ1n) is 10.7. The minimum absolute atomic E-state index is 0.0924. The zero-order chi connectivity index (χ0) is 22.8. The van der Waals surface area contributed by atoms with Crippen molar-refractivity contribution in [2.75, 3.05) is 6.61 Å². The van der Waals surface area contributed by atoms with Crippen LogP contribution in [0.1, 0.15) is 45.4 Å². The van der Waals surface area contributed by atoms with Crippen molar-refractivity contribution in [2.45, 2.75) is 25.3 Å². The molecule has 2 atom stereocenters. The Kier molecular flexibility index (Phi) is 6.20. The van der Waals surface area contributed by atoms with Gasteiger partial charge in [0.2, 0.25) is 0 Å². The Balaban J connectivity index is 1.40. The number of esters is 1. The molecule has 1 saturated carbocycles. The highest BCUT2D eigenvalue weighted by atomic mass is 32.1. The summed E-state index contributed by atoms with van der Waals surface area (Å²) in [5, 5.41) is 10.2. The van der Waals surface area contributed by atoms with Gasteiger partial charge in [0, 0.05) is 15.7 Å². The monoisotopic (exact) mass is 480 g/mol. The average Bonchev–Trinajstić information content (AvgIpc) is 3.58. The Morgan fingerprint density at radius 2 is 1.94 bits per heavy atom. The lowest BCUT2D eigenvalue weighted by Gasteiger charge is -2.28. The van der Waals surface area contributed by atoms with E-state index in [0.29, 0.717) is 0 Å². The predicted octanol–water partition coefficient (Wildman–Crippen LogP) is 5.93. The maximum Gasteiger partial charge on any atom is 0.341 e. The van der Waals surface area contributed by atoms with E-state index in [4.69, 9.17) is 9.84 Å². The molecular formula is C25H21FN2O3S2. The molecule has 168 valence electrons. The molecular weight excluding hydrogens is 459 g/mol. The highest BCUT2D eigenvalue weighted by molar-refractivity contribution is 7.11. The lowest BCUT2D eigenvalue weighted by atomic mass is 9.79. The molecule has 1 amide bonds. The summed E-state index contributed by atoms with van der Waals surface area (Å²) in [5.74, 6) is -1.87. The van der Waals surface area contributed by atoms with Crippen LogP contribution in [0.5, 0.6) is 0 Å². The Bertz CT molecular complexity index is 1220. The van der Waals surface area contributed by atoms with Crippen molar-refractivity contribution in [1.29, 1.82) is 0 Å². The van der Waals surface area contributed by atoms with Gasteiger partial charge < -0.3 is 4.74 Å². The van der Waals surface area contributed by atoms with Gasteiger partial charge in [-0.25, -0.2) is 14.2 Å². The van der Waals surface area contributed by atoms with Crippen molar-refractivity contribution in [3.63, 3.8) is 0 Å². The summed E-state index contributed by atoms with van der Waals surface area (Å²) in [6, 6.07) is 13.4. The van der Waals surface area contributed by atoms with Crippen molar-refractivity contribution in [3.05, 3.63) is 86.0 Å². The SMILES string of the molecule is O=C(OCC(=O)N1N=C2C(=Cc3cccs3)CCCC2C1c1cccs1)c1ccccc1F. The van der Waals surface area contributed by atoms with Crippen molar-refractivity contribution >= 4 is 46.3 Å². The molecule has 1 aliphatic carbocycles. The topological polar surface area (TPSA) is 59.0 Å². The summed E-state index contributed by atoms with van der Waals surface area (Å²) < 4.78 is 19.1. The second-order valence-corrected chi connectivity index (χ2v) is 9.88. The Morgan fingerprint density at radius 1 is 1.12 bits per heavy atom. The Labute approximate surface area is 198 Å². The average molecular weight is 481 g/mol. The maximum absolute atomic E-state index is 13.9. The summed E-state index contributed by atoms with van der Waals surface area (Å²) in [4.78, 5) is 27.7. The van der Waals surface area contributed by atoms with Gasteiger partial charge in [-0.3, -0.25) is 4.79 Å². The number of carbonyl (C=O) groups excluding carboxylic acids is 2. The number of carbonyl (C=O) groups is 2. The van der Waals surface area contributed by atoms with E-state index in [9.17, 15) is 14.0 Å². The molecule has 0 radical (unpaired) electrons. The van der Waals surface area contributed by atoms with Gasteiger partial charge in [-0.05, 0) is 65.9 Å². The lowest BCUT2D eigenvalue weighted by molar-refractivity contribution is -0.136. The van der Waals surface area contributed by atoms with E-state index < -0.39 is 24.3 Å². The van der Waals surface area contributed by atoms with Gasteiger partial charge in [0.1, 0.15) is 5.82 Å². The first-order valence-corrected chi connectivity index (χ1v) is 12.5. The minimum Gasteiger partial charge on any atom is -0.452 e. The molecule has 8 heteroatoms. The van der Waals surface area contributed by atoms with Gasteiger partial charge in [-0.1, -0.05) is 24.3 Å². The fraction of sp³-hybridized carbons (Fsp3) is 0.240. The number of rotatable bonds is 5. The van der Waals surface area contributed by atoms with Gasteiger partial charge in [0.05, 0.1) is 17.3 Å². The van der Waals surface area contributed by atoms with Crippen LogP contribution in [0.15, 0.2) is 70.0 Å². The molecule has 2 unspecified atom stereocenters. The van der Waals surface area contributed by atoms with Crippen LogP contribution in [0, 0.1) is 11.7 Å². The molecule has 1 aliphatic heterocycles. The first kappa shape index (κ1) is 21.7. The van der Waals surface area contributed by atoms with Crippen LogP contribution in [-0.2, 0) is 9.53 Å². The van der Waals surface area contributed by atoms with Gasteiger partial charge in [-0.15, -0.1) is 22.7 Å². The number of thiophene rings is 2. The number of fused-ring (bicyclic) bond motifs is 1. The number of ether oxygens (including phenoxy) is 1. The van der Waals surface area contributed by atoms with E-state index in [2.05, 4.69) is 12.1 Å². The number of hydrogen-bond acceptors (Lipinski definition) is 6. The highest BCUT2D eigenvalue weighted by Gasteiger charge is 2.44. The molecule has 2 aliphatic rings. The van der Waals surface area contributed by atoms with E-state index in [0.717, 1.165) is 40.3 Å². The van der Waals surface area contributed by atoms with Gasteiger partial charge in [0.25, 0.3) is 5.91 Å². The third kappa shape index (κ3) is 4.41. The lowest BCUT2D eigenvalue weighted by Crippen LogP contribution is -2.34. The van der Waals surface area contributed by atoms with E-state index in [1.54, 1.807) is 28.7 Å². The van der Waals surface area contributed by atoms with Crippen LogP contribution in [0.4, 0.5) is 4.39 Å². The van der Waals surface area contributed by atoms with Crippen LogP contribution >= 0.6 is 22.7 Å². The summed E-state index contributed by atoms with van der Waals surface area (Å²) in [7, 11) is 0. The fourth-order valence-electron chi connectivity index (χ4n) is 4.39. The van der Waals surface area contributed by atoms with E-state index in [1.165, 1.54) is 23.2 Å². The van der Waals surface area contributed by atoms with Crippen molar-refractivity contribution < 1.29 is 18.7 Å². The molecule has 0 bridgehead atoms. The summed E-state index contributed by atoms with van der Waals surface area (Å²) in [5.41, 5.74) is 1.89. The standard InChI is InChI=1S/C25H21FN2O3S2/c26-20-10-2-1-8-18(20)25(30)31-15-22(29)28-24(21-11-5-13-33-21)19-9-3-6-16(23(19)27-28)14-17-7-4-12-32-17/h1-2,4-5,7-8,10-14,19,24H,3,6,9,15H2. The molecule has 33 heavy (non-hydrogen) atoms. The van der Waals surface area contributed by atoms with E-state index in [1.807, 2.05) is 29.0 Å². The van der Waals surface area contributed by atoms with Crippen molar-refractivity contribution in [3.8, 4) is 0 Å². The largest absolute Gasteiger partial charge is 0.452 e. The van der Waals surface area contributed by atoms with Crippen molar-refractivity contribution in [1.82, 2.24) is 5.01 Å². The zero-order valence-electron chi connectivity index (χ0n) is 17.6. The highest BCUT2D eigenvalue weighted by Crippen LogP contribution is 2.45. The first-order chi connectivity index (χ1) is 16.1. The molecule has 1 aromatic carbocycles. The number of hydrogen-bond donors (Lipinski definition) is 0. The third-order valence-corrected chi connectivity index (χ3v) is 7.63. The van der Waals surface area contributed by atoms with Gasteiger partial charge in [-0.2, -0.15) is 5.10 Å². The number of nitrogens with zero attached hydrogens (tertiary/aromatic N) is 2. The molecule has 3 heterocycles. The molecule has 3 aromatic rings. The molecule has 5 rings (SSSR count). The zero-order valence-corrected chi connectivity index (χ0v) is 19.3. The number of amides is 1. The summed E-state index contributed by atoms with van der Waals surface area (Å²) in [6.45, 7) is -0.498. The quantitative estimate of drug-likeness (QED) is 0.426. The molecule has 0 spiro atoms. The van der Waals surface area contributed by atoms with E-state index in [-0.39, 0.29) is 17.5 Å². The fourth-order valence-corrected chi connectivity index (χ4v) is 5.94. The molecule has 0 saturated heterocycles. The van der Waals surface area contributed by atoms with Gasteiger partial charge in [0.15, 0.2) is 6.61 Å². The maximum atomic E-state index is 13.9. The number of allylic oxidation sites excluding steroid dienone is 1. The Hall–Kier alpha value is -3.10. The number of hydrazone groups is 1. The number of benzene rings is 1. The molecule has 2 aromatic heterocycles. The smallest absolute Gasteiger partial charge is 0.341 e.